The Balaban J connectivity index is 1.51. The lowest BCUT2D eigenvalue weighted by molar-refractivity contribution is -0.137. The number of anilines is 2. The summed E-state index contributed by atoms with van der Waals surface area (Å²) in [6, 6.07) is 9.52. The quantitative estimate of drug-likeness (QED) is 0.401. The lowest BCUT2D eigenvalue weighted by Gasteiger charge is -2.09. The number of aromatic amines is 1. The van der Waals surface area contributed by atoms with Gasteiger partial charge in [0.05, 0.1) is 17.4 Å². The van der Waals surface area contributed by atoms with E-state index in [2.05, 4.69) is 20.7 Å². The monoisotopic (exact) mass is 413 g/mol. The number of hydrogen-bond donors (Lipinski definition) is 3. The summed E-state index contributed by atoms with van der Waals surface area (Å²) in [5.74, 6) is 0. The largest absolute Gasteiger partial charge is 0.416 e. The number of rotatable bonds is 4. The van der Waals surface area contributed by atoms with Crippen molar-refractivity contribution in [3.8, 4) is 11.1 Å². The van der Waals surface area contributed by atoms with Crippen LogP contribution in [0, 0.1) is 0 Å². The fourth-order valence-corrected chi connectivity index (χ4v) is 3.12. The number of hydrogen-bond acceptors (Lipinski definition) is 2. The molecule has 2 heterocycles. The van der Waals surface area contributed by atoms with Gasteiger partial charge in [0, 0.05) is 41.1 Å². The zero-order valence-electron chi connectivity index (χ0n) is 15.9. The number of benzene rings is 2. The molecule has 0 saturated heterocycles. The number of aromatic nitrogens is 3. The van der Waals surface area contributed by atoms with Crippen molar-refractivity contribution < 1.29 is 18.0 Å². The van der Waals surface area contributed by atoms with Crippen LogP contribution in [0.1, 0.15) is 12.5 Å². The second-order valence-corrected chi connectivity index (χ2v) is 6.70. The molecule has 154 valence electrons. The van der Waals surface area contributed by atoms with E-state index in [0.29, 0.717) is 5.69 Å². The Kier molecular flexibility index (Phi) is 4.94. The van der Waals surface area contributed by atoms with E-state index >= 15 is 0 Å². The van der Waals surface area contributed by atoms with Crippen LogP contribution in [-0.2, 0) is 12.7 Å². The van der Waals surface area contributed by atoms with Crippen LogP contribution in [0.4, 0.5) is 29.3 Å². The summed E-state index contributed by atoms with van der Waals surface area (Å²) in [5.41, 5.74) is 2.79. The van der Waals surface area contributed by atoms with E-state index < -0.39 is 17.8 Å². The zero-order chi connectivity index (χ0) is 21.3. The number of urea groups is 1. The van der Waals surface area contributed by atoms with Crippen LogP contribution < -0.4 is 10.6 Å². The smallest absolute Gasteiger partial charge is 0.359 e. The number of carbonyl (C=O) groups excluding carboxylic acids is 1. The van der Waals surface area contributed by atoms with Gasteiger partial charge in [-0.15, -0.1) is 0 Å². The first-order valence-electron chi connectivity index (χ1n) is 9.22. The summed E-state index contributed by atoms with van der Waals surface area (Å²) in [4.78, 5) is 15.4. The molecule has 4 rings (SSSR count). The van der Waals surface area contributed by atoms with Crippen LogP contribution in [-0.4, -0.2) is 20.8 Å². The van der Waals surface area contributed by atoms with Gasteiger partial charge < -0.3 is 15.6 Å². The highest BCUT2D eigenvalue weighted by atomic mass is 19.4. The second-order valence-electron chi connectivity index (χ2n) is 6.70. The Labute approximate surface area is 169 Å². The fourth-order valence-electron chi connectivity index (χ4n) is 3.12. The third-order valence-electron chi connectivity index (χ3n) is 4.69. The summed E-state index contributed by atoms with van der Waals surface area (Å²) < 4.78 is 39.8. The van der Waals surface area contributed by atoms with Crippen molar-refractivity contribution in [3.05, 3.63) is 66.6 Å². The number of H-pyrrole nitrogens is 1. The first kappa shape index (κ1) is 19.6. The van der Waals surface area contributed by atoms with Crippen molar-refractivity contribution in [1.82, 2.24) is 14.8 Å². The van der Waals surface area contributed by atoms with Crippen molar-refractivity contribution in [3.63, 3.8) is 0 Å². The zero-order valence-corrected chi connectivity index (χ0v) is 15.9. The maximum absolute atomic E-state index is 12.7. The molecule has 2 aromatic carbocycles. The van der Waals surface area contributed by atoms with Crippen molar-refractivity contribution >= 4 is 28.3 Å². The van der Waals surface area contributed by atoms with Gasteiger partial charge in [-0.3, -0.25) is 4.68 Å². The molecule has 4 aromatic rings. The van der Waals surface area contributed by atoms with Crippen LogP contribution in [0.15, 0.2) is 61.1 Å². The maximum atomic E-state index is 12.7. The van der Waals surface area contributed by atoms with Gasteiger partial charge in [-0.2, -0.15) is 18.3 Å². The molecule has 0 bridgehead atoms. The molecule has 0 atom stereocenters. The van der Waals surface area contributed by atoms with E-state index in [4.69, 9.17) is 0 Å². The minimum absolute atomic E-state index is 0.257. The van der Waals surface area contributed by atoms with Crippen LogP contribution in [0.25, 0.3) is 22.0 Å². The molecule has 30 heavy (non-hydrogen) atoms. The van der Waals surface area contributed by atoms with Gasteiger partial charge >= 0.3 is 12.2 Å². The Morgan fingerprint density at radius 1 is 1.10 bits per heavy atom. The fraction of sp³-hybridized carbons (Fsp3) is 0.143. The minimum atomic E-state index is -4.42. The molecule has 0 unspecified atom stereocenters. The lowest BCUT2D eigenvalue weighted by atomic mass is 10.1. The molecule has 0 spiro atoms. The van der Waals surface area contributed by atoms with Gasteiger partial charge in [0.2, 0.25) is 0 Å². The van der Waals surface area contributed by atoms with E-state index in [1.807, 2.05) is 36.0 Å². The molecule has 9 heteroatoms. The number of aryl methyl sites for hydroxylation is 1. The van der Waals surface area contributed by atoms with Crippen molar-refractivity contribution in [2.75, 3.05) is 10.6 Å². The van der Waals surface area contributed by atoms with E-state index in [-0.39, 0.29) is 5.69 Å². The summed E-state index contributed by atoms with van der Waals surface area (Å²) in [5, 5.41) is 10.3. The average molecular weight is 413 g/mol. The molecule has 2 aromatic heterocycles. The molecular formula is C21H18F3N5O. The first-order chi connectivity index (χ1) is 14.3. The van der Waals surface area contributed by atoms with Gasteiger partial charge in [-0.05, 0) is 48.9 Å². The molecular weight excluding hydrogens is 395 g/mol. The standard InChI is InChI=1S/C21H18F3N5O/c1-2-29-12-14(10-26-29)13-3-8-18-17(9-13)19(11-25-18)28-20(30)27-16-6-4-15(5-7-16)21(22,23)24/h3-12,25H,2H2,1H3,(H2,27,28,30). The van der Waals surface area contributed by atoms with E-state index in [0.717, 1.165) is 40.7 Å². The molecule has 3 N–H and O–H groups in total. The Morgan fingerprint density at radius 3 is 2.53 bits per heavy atom. The predicted molar refractivity (Wildman–Crippen MR) is 109 cm³/mol. The molecule has 0 saturated carbocycles. The van der Waals surface area contributed by atoms with Crippen LogP contribution >= 0.6 is 0 Å². The summed E-state index contributed by atoms with van der Waals surface area (Å²) >= 11 is 0. The first-order valence-corrected chi connectivity index (χ1v) is 9.22. The molecule has 2 amide bonds. The molecule has 6 nitrogen and oxygen atoms in total. The molecule has 0 fully saturated rings. The number of nitrogens with one attached hydrogen (secondary N) is 3. The highest BCUT2D eigenvalue weighted by Crippen LogP contribution is 2.31. The topological polar surface area (TPSA) is 74.7 Å². The Hall–Kier alpha value is -3.75. The van der Waals surface area contributed by atoms with Gasteiger partial charge in [0.15, 0.2) is 0 Å². The van der Waals surface area contributed by atoms with E-state index in [1.54, 1.807) is 12.4 Å². The number of amides is 2. The highest BCUT2D eigenvalue weighted by Gasteiger charge is 2.30. The van der Waals surface area contributed by atoms with Gasteiger partial charge in [0.25, 0.3) is 0 Å². The molecule has 0 radical (unpaired) electrons. The number of alkyl halides is 3. The average Bonchev–Trinajstić information content (AvgIpc) is 3.34. The molecule has 0 aliphatic carbocycles. The third kappa shape index (κ3) is 4.00. The highest BCUT2D eigenvalue weighted by molar-refractivity contribution is 6.06. The van der Waals surface area contributed by atoms with Crippen LogP contribution in [0.3, 0.4) is 0 Å². The van der Waals surface area contributed by atoms with Crippen molar-refractivity contribution in [1.29, 1.82) is 0 Å². The normalized spacial score (nSPS) is 11.6. The Bertz CT molecular complexity index is 1190. The third-order valence-corrected chi connectivity index (χ3v) is 4.69. The van der Waals surface area contributed by atoms with Crippen LogP contribution in [0.5, 0.6) is 0 Å². The number of nitrogens with zero attached hydrogens (tertiary/aromatic N) is 2. The summed E-state index contributed by atoms with van der Waals surface area (Å²) in [6.45, 7) is 2.77. The molecule has 0 aliphatic rings. The summed E-state index contributed by atoms with van der Waals surface area (Å²) in [7, 11) is 0. The SMILES string of the molecule is CCn1cc(-c2ccc3[nH]cc(NC(=O)Nc4ccc(C(F)(F)F)cc4)c3c2)cn1. The second kappa shape index (κ2) is 7.58. The number of halogens is 3. The Morgan fingerprint density at radius 2 is 1.87 bits per heavy atom. The van der Waals surface area contributed by atoms with Crippen LogP contribution in [0.2, 0.25) is 0 Å². The summed E-state index contributed by atoms with van der Waals surface area (Å²) in [6.07, 6.45) is 0.965. The maximum Gasteiger partial charge on any atom is 0.416 e. The predicted octanol–water partition coefficient (Wildman–Crippen LogP) is 5.71. The lowest BCUT2D eigenvalue weighted by Crippen LogP contribution is -2.19. The number of fused-ring (bicyclic) bond motifs is 1. The van der Waals surface area contributed by atoms with Gasteiger partial charge in [-0.1, -0.05) is 6.07 Å². The van der Waals surface area contributed by atoms with Crippen molar-refractivity contribution in [2.45, 2.75) is 19.6 Å². The van der Waals surface area contributed by atoms with Gasteiger partial charge in [0.1, 0.15) is 0 Å². The molecule has 0 aliphatic heterocycles. The van der Waals surface area contributed by atoms with E-state index in [9.17, 15) is 18.0 Å². The van der Waals surface area contributed by atoms with E-state index in [1.165, 1.54) is 12.1 Å². The minimum Gasteiger partial charge on any atom is -0.359 e. The van der Waals surface area contributed by atoms with Crippen molar-refractivity contribution in [2.24, 2.45) is 0 Å². The number of carbonyl (C=O) groups is 1. The van der Waals surface area contributed by atoms with Gasteiger partial charge in [-0.25, -0.2) is 4.79 Å².